The topological polar surface area (TPSA) is 29.1 Å². The molecule has 0 unspecified atom stereocenters. The maximum absolute atomic E-state index is 11.0. The molecule has 1 aliphatic rings. The zero-order valence-corrected chi connectivity index (χ0v) is 7.14. The Morgan fingerprint density at radius 2 is 2.09 bits per heavy atom. The van der Waals surface area contributed by atoms with E-state index in [9.17, 15) is 4.79 Å². The van der Waals surface area contributed by atoms with Crippen LogP contribution >= 0.6 is 0 Å². The minimum Gasteiger partial charge on any atom is -0.344 e. The van der Waals surface area contributed by atoms with Gasteiger partial charge in [-0.3, -0.25) is 4.79 Å². The highest BCUT2D eigenvalue weighted by Crippen LogP contribution is 2.16. The third-order valence-corrected chi connectivity index (χ3v) is 2.02. The summed E-state index contributed by atoms with van der Waals surface area (Å²) >= 11 is 0. The number of hydrogen-bond donors (Lipinski definition) is 1. The van der Waals surface area contributed by atoms with E-state index in [1.165, 1.54) is 11.6 Å². The predicted octanol–water partition coefficient (Wildman–Crippen LogP) is 1.40. The molecule has 60 valence electrons. The van der Waals surface area contributed by atoms with Crippen LogP contribution in [-0.4, -0.2) is 11.4 Å². The SMILES string of the molecule is CC1=CC=CC(=O)NC1(C)C. The number of rotatable bonds is 0. The van der Waals surface area contributed by atoms with Crippen molar-refractivity contribution in [2.45, 2.75) is 26.3 Å². The van der Waals surface area contributed by atoms with Crippen LogP contribution in [0.1, 0.15) is 20.8 Å². The minimum atomic E-state index is -0.208. The summed E-state index contributed by atoms with van der Waals surface area (Å²) in [5, 5.41) is 2.87. The standard InChI is InChI=1S/C9H13NO/c1-7-5-4-6-8(11)10-9(7,2)3/h4-6H,1-3H3,(H,10,11). The van der Waals surface area contributed by atoms with Crippen molar-refractivity contribution in [3.8, 4) is 0 Å². The number of carbonyl (C=O) groups excluding carboxylic acids is 1. The maximum atomic E-state index is 11.0. The van der Waals surface area contributed by atoms with Crippen LogP contribution in [-0.2, 0) is 4.79 Å². The van der Waals surface area contributed by atoms with Gasteiger partial charge in [0.2, 0.25) is 5.91 Å². The molecule has 2 nitrogen and oxygen atoms in total. The summed E-state index contributed by atoms with van der Waals surface area (Å²) in [4.78, 5) is 11.0. The molecule has 1 heterocycles. The number of allylic oxidation sites excluding steroid dienone is 2. The smallest absolute Gasteiger partial charge is 0.244 e. The Kier molecular flexibility index (Phi) is 1.85. The molecular formula is C9H13NO. The number of carbonyl (C=O) groups is 1. The first kappa shape index (κ1) is 8.05. The molecule has 0 aliphatic carbocycles. The zero-order valence-electron chi connectivity index (χ0n) is 7.14. The molecule has 0 saturated heterocycles. The zero-order chi connectivity index (χ0) is 8.48. The van der Waals surface area contributed by atoms with E-state index in [1.807, 2.05) is 26.8 Å². The van der Waals surface area contributed by atoms with Crippen LogP contribution in [0.15, 0.2) is 23.8 Å². The molecule has 0 atom stereocenters. The van der Waals surface area contributed by atoms with E-state index < -0.39 is 0 Å². The summed E-state index contributed by atoms with van der Waals surface area (Å²) in [5.74, 6) is -0.0249. The Balaban J connectivity index is 2.93. The van der Waals surface area contributed by atoms with Crippen LogP contribution in [0.3, 0.4) is 0 Å². The molecule has 11 heavy (non-hydrogen) atoms. The fraction of sp³-hybridized carbons (Fsp3) is 0.444. The second-order valence-electron chi connectivity index (χ2n) is 3.32. The lowest BCUT2D eigenvalue weighted by molar-refractivity contribution is -0.117. The van der Waals surface area contributed by atoms with Gasteiger partial charge in [-0.1, -0.05) is 12.2 Å². The van der Waals surface area contributed by atoms with Crippen molar-refractivity contribution in [1.82, 2.24) is 5.32 Å². The number of nitrogens with one attached hydrogen (secondary N) is 1. The van der Waals surface area contributed by atoms with Crippen LogP contribution < -0.4 is 5.32 Å². The Morgan fingerprint density at radius 1 is 1.45 bits per heavy atom. The van der Waals surface area contributed by atoms with E-state index in [4.69, 9.17) is 0 Å². The Labute approximate surface area is 67.0 Å². The van der Waals surface area contributed by atoms with Crippen molar-refractivity contribution in [3.63, 3.8) is 0 Å². The van der Waals surface area contributed by atoms with Gasteiger partial charge in [-0.25, -0.2) is 0 Å². The van der Waals surface area contributed by atoms with Crippen molar-refractivity contribution in [3.05, 3.63) is 23.8 Å². The second-order valence-corrected chi connectivity index (χ2v) is 3.32. The molecule has 1 aliphatic heterocycles. The van der Waals surface area contributed by atoms with Gasteiger partial charge in [-0.2, -0.15) is 0 Å². The normalized spacial score (nSPS) is 22.1. The molecule has 1 rings (SSSR count). The summed E-state index contributed by atoms with van der Waals surface area (Å²) in [6, 6.07) is 0. The molecule has 0 saturated carbocycles. The molecule has 0 aromatic carbocycles. The van der Waals surface area contributed by atoms with Crippen molar-refractivity contribution < 1.29 is 4.79 Å². The van der Waals surface area contributed by atoms with E-state index in [0.29, 0.717) is 0 Å². The molecule has 0 fully saturated rings. The highest BCUT2D eigenvalue weighted by molar-refractivity contribution is 5.89. The lowest BCUT2D eigenvalue weighted by atomic mass is 9.96. The number of amides is 1. The molecule has 0 spiro atoms. The van der Waals surface area contributed by atoms with Gasteiger partial charge in [0.1, 0.15) is 0 Å². The van der Waals surface area contributed by atoms with Crippen LogP contribution in [0, 0.1) is 0 Å². The van der Waals surface area contributed by atoms with E-state index in [-0.39, 0.29) is 11.4 Å². The van der Waals surface area contributed by atoms with Gasteiger partial charge < -0.3 is 5.32 Å². The van der Waals surface area contributed by atoms with Gasteiger partial charge in [-0.05, 0) is 26.3 Å². The fourth-order valence-corrected chi connectivity index (χ4v) is 0.936. The van der Waals surface area contributed by atoms with Crippen molar-refractivity contribution in [1.29, 1.82) is 0 Å². The van der Waals surface area contributed by atoms with E-state index >= 15 is 0 Å². The largest absolute Gasteiger partial charge is 0.344 e. The minimum absolute atomic E-state index is 0.0249. The molecular weight excluding hydrogens is 138 g/mol. The maximum Gasteiger partial charge on any atom is 0.244 e. The van der Waals surface area contributed by atoms with Gasteiger partial charge >= 0.3 is 0 Å². The average Bonchev–Trinajstić information content (AvgIpc) is 1.93. The van der Waals surface area contributed by atoms with Crippen LogP contribution in [0.25, 0.3) is 0 Å². The Morgan fingerprint density at radius 3 is 2.73 bits per heavy atom. The summed E-state index contributed by atoms with van der Waals surface area (Å²) in [7, 11) is 0. The first-order valence-corrected chi connectivity index (χ1v) is 3.70. The molecule has 0 radical (unpaired) electrons. The highest BCUT2D eigenvalue weighted by atomic mass is 16.1. The second kappa shape index (κ2) is 2.53. The third-order valence-electron chi connectivity index (χ3n) is 2.02. The van der Waals surface area contributed by atoms with Crippen molar-refractivity contribution >= 4 is 5.91 Å². The summed E-state index contributed by atoms with van der Waals surface area (Å²) < 4.78 is 0. The monoisotopic (exact) mass is 151 g/mol. The molecule has 0 bridgehead atoms. The van der Waals surface area contributed by atoms with Crippen molar-refractivity contribution in [2.75, 3.05) is 0 Å². The molecule has 1 amide bonds. The molecule has 2 heteroatoms. The van der Waals surface area contributed by atoms with Gasteiger partial charge in [0.25, 0.3) is 0 Å². The van der Waals surface area contributed by atoms with Gasteiger partial charge in [0.15, 0.2) is 0 Å². The van der Waals surface area contributed by atoms with Gasteiger partial charge in [0, 0.05) is 6.08 Å². The highest BCUT2D eigenvalue weighted by Gasteiger charge is 2.21. The summed E-state index contributed by atoms with van der Waals surface area (Å²) in [6.45, 7) is 5.99. The molecule has 0 aromatic heterocycles. The van der Waals surface area contributed by atoms with Crippen LogP contribution in [0.5, 0.6) is 0 Å². The molecule has 0 aromatic rings. The molecule has 1 N–H and O–H groups in total. The third kappa shape index (κ3) is 1.70. The van der Waals surface area contributed by atoms with Crippen LogP contribution in [0.4, 0.5) is 0 Å². The van der Waals surface area contributed by atoms with Crippen molar-refractivity contribution in [2.24, 2.45) is 0 Å². The van der Waals surface area contributed by atoms with E-state index in [1.54, 1.807) is 6.08 Å². The summed E-state index contributed by atoms with van der Waals surface area (Å²) in [6.07, 6.45) is 5.27. The Hall–Kier alpha value is -1.05. The van der Waals surface area contributed by atoms with Gasteiger partial charge in [-0.15, -0.1) is 0 Å². The van der Waals surface area contributed by atoms with Crippen LogP contribution in [0.2, 0.25) is 0 Å². The fourth-order valence-electron chi connectivity index (χ4n) is 0.936. The summed E-state index contributed by atoms with van der Waals surface area (Å²) in [5.41, 5.74) is 0.959. The Bertz CT molecular complexity index is 236. The van der Waals surface area contributed by atoms with E-state index in [2.05, 4.69) is 5.32 Å². The first-order chi connectivity index (χ1) is 5.02. The number of hydrogen-bond acceptors (Lipinski definition) is 1. The predicted molar refractivity (Wildman–Crippen MR) is 45.1 cm³/mol. The van der Waals surface area contributed by atoms with E-state index in [0.717, 1.165) is 0 Å². The van der Waals surface area contributed by atoms with Gasteiger partial charge in [0.05, 0.1) is 5.54 Å². The lowest BCUT2D eigenvalue weighted by Crippen LogP contribution is -2.42. The quantitative estimate of drug-likeness (QED) is 0.557. The lowest BCUT2D eigenvalue weighted by Gasteiger charge is -2.25. The first-order valence-electron chi connectivity index (χ1n) is 3.70. The average molecular weight is 151 g/mol.